The van der Waals surface area contributed by atoms with Crippen LogP contribution in [0, 0.1) is 0 Å². The van der Waals surface area contributed by atoms with Crippen LogP contribution in [0.25, 0.3) is 0 Å². The molecule has 1 heterocycles. The highest BCUT2D eigenvalue weighted by Gasteiger charge is 2.21. The number of likely N-dealkylation sites (tertiary alicyclic amines) is 1. The minimum Gasteiger partial charge on any atom is -0.489 e. The average Bonchev–Trinajstić information content (AvgIpc) is 3.09. The number of likely N-dealkylation sites (N-methyl/N-ethyl adjacent to an activating group) is 1. The number of benzene rings is 2. The smallest absolute Gasteiger partial charge is 0.120 e. The van der Waals surface area contributed by atoms with E-state index in [0.717, 1.165) is 30.9 Å². The fraction of sp³-hybridized carbons (Fsp3) is 0.429. The molecule has 5 heteroatoms. The lowest BCUT2D eigenvalue weighted by Gasteiger charge is -2.23. The number of halogens is 2. The van der Waals surface area contributed by atoms with E-state index in [2.05, 4.69) is 29.3 Å². The average molecular weight is 393 g/mol. The number of hydrogen-bond donors (Lipinski definition) is 1. The van der Waals surface area contributed by atoms with Crippen molar-refractivity contribution in [2.45, 2.75) is 39.0 Å². The van der Waals surface area contributed by atoms with E-state index < -0.39 is 0 Å². The minimum absolute atomic E-state index is 0.431. The van der Waals surface area contributed by atoms with E-state index >= 15 is 0 Å². The number of nitrogens with zero attached hydrogens (tertiary/aromatic N) is 1. The van der Waals surface area contributed by atoms with Crippen molar-refractivity contribution in [3.8, 4) is 5.75 Å². The van der Waals surface area contributed by atoms with Crippen LogP contribution in [0.5, 0.6) is 5.75 Å². The van der Waals surface area contributed by atoms with Crippen LogP contribution in [0.1, 0.15) is 30.9 Å². The third-order valence-electron chi connectivity index (χ3n) is 4.92. The lowest BCUT2D eigenvalue weighted by molar-refractivity contribution is 0.260. The minimum atomic E-state index is 0.431. The fourth-order valence-electron chi connectivity index (χ4n) is 3.47. The number of nitrogens with one attached hydrogen (secondary N) is 1. The summed E-state index contributed by atoms with van der Waals surface area (Å²) in [6.45, 7) is 6.95. The molecule has 2 aromatic carbocycles. The second kappa shape index (κ2) is 9.61. The SMILES string of the molecule is CCN1CCC[C@H]1CNCc1cccc(OCc2ccc(Cl)cc2Cl)c1. The molecule has 0 radical (unpaired) electrons. The van der Waals surface area contributed by atoms with Crippen LogP contribution < -0.4 is 10.1 Å². The maximum Gasteiger partial charge on any atom is 0.120 e. The predicted octanol–water partition coefficient (Wildman–Crippen LogP) is 5.15. The lowest BCUT2D eigenvalue weighted by atomic mass is 10.2. The molecule has 3 rings (SSSR count). The van der Waals surface area contributed by atoms with Gasteiger partial charge >= 0.3 is 0 Å². The Hall–Kier alpha value is -1.26. The normalized spacial score (nSPS) is 17.6. The van der Waals surface area contributed by atoms with Gasteiger partial charge < -0.3 is 10.1 Å². The fourth-order valence-corrected chi connectivity index (χ4v) is 3.93. The molecule has 0 bridgehead atoms. The lowest BCUT2D eigenvalue weighted by Crippen LogP contribution is -2.37. The van der Waals surface area contributed by atoms with Gasteiger partial charge in [0.2, 0.25) is 0 Å². The van der Waals surface area contributed by atoms with Crippen molar-refractivity contribution in [2.75, 3.05) is 19.6 Å². The van der Waals surface area contributed by atoms with Gasteiger partial charge in [0.15, 0.2) is 0 Å². The third-order valence-corrected chi connectivity index (χ3v) is 5.51. The van der Waals surface area contributed by atoms with Gasteiger partial charge in [-0.1, -0.05) is 48.3 Å². The van der Waals surface area contributed by atoms with E-state index in [1.165, 1.54) is 24.9 Å². The van der Waals surface area contributed by atoms with E-state index in [0.29, 0.717) is 22.7 Å². The number of hydrogen-bond acceptors (Lipinski definition) is 3. The summed E-state index contributed by atoms with van der Waals surface area (Å²) in [6.07, 6.45) is 2.61. The molecule has 0 unspecified atom stereocenters. The highest BCUT2D eigenvalue weighted by molar-refractivity contribution is 6.35. The van der Waals surface area contributed by atoms with Crippen LogP contribution in [-0.2, 0) is 13.2 Å². The molecule has 1 aliphatic heterocycles. The maximum atomic E-state index is 6.20. The second-order valence-electron chi connectivity index (χ2n) is 6.73. The van der Waals surface area contributed by atoms with Crippen molar-refractivity contribution in [3.05, 3.63) is 63.6 Å². The summed E-state index contributed by atoms with van der Waals surface area (Å²) in [5, 5.41) is 4.86. The Morgan fingerprint density at radius 2 is 2.08 bits per heavy atom. The molecule has 2 aromatic rings. The van der Waals surface area contributed by atoms with E-state index in [1.54, 1.807) is 6.07 Å². The monoisotopic (exact) mass is 392 g/mol. The van der Waals surface area contributed by atoms with Crippen LogP contribution in [0.2, 0.25) is 10.0 Å². The third kappa shape index (κ3) is 5.37. The summed E-state index contributed by atoms with van der Waals surface area (Å²) in [5.41, 5.74) is 2.16. The molecule has 140 valence electrons. The number of rotatable bonds is 8. The maximum absolute atomic E-state index is 6.20. The molecule has 3 nitrogen and oxygen atoms in total. The van der Waals surface area contributed by atoms with Crippen molar-refractivity contribution in [1.82, 2.24) is 10.2 Å². The molecule has 0 saturated carbocycles. The summed E-state index contributed by atoms with van der Waals surface area (Å²) in [5.74, 6) is 0.853. The largest absolute Gasteiger partial charge is 0.489 e. The van der Waals surface area contributed by atoms with E-state index in [1.807, 2.05) is 24.3 Å². The second-order valence-corrected chi connectivity index (χ2v) is 7.57. The zero-order valence-electron chi connectivity index (χ0n) is 15.2. The topological polar surface area (TPSA) is 24.5 Å². The molecular weight excluding hydrogens is 367 g/mol. The molecule has 26 heavy (non-hydrogen) atoms. The number of ether oxygens (including phenoxy) is 1. The van der Waals surface area contributed by atoms with Crippen LogP contribution in [-0.4, -0.2) is 30.6 Å². The first-order valence-electron chi connectivity index (χ1n) is 9.26. The zero-order valence-corrected chi connectivity index (χ0v) is 16.7. The molecule has 0 amide bonds. The van der Waals surface area contributed by atoms with Gasteiger partial charge in [0, 0.05) is 34.7 Å². The standard InChI is InChI=1S/C21H26Cl2N2O/c1-2-25-10-4-6-19(25)14-24-13-16-5-3-7-20(11-16)26-15-17-8-9-18(22)12-21(17)23/h3,5,7-9,11-12,19,24H,2,4,6,10,13-15H2,1H3/t19-/m0/s1. The van der Waals surface area contributed by atoms with Gasteiger partial charge in [-0.05, 0) is 55.8 Å². The van der Waals surface area contributed by atoms with Gasteiger partial charge in [-0.3, -0.25) is 4.90 Å². The van der Waals surface area contributed by atoms with Gasteiger partial charge in [-0.15, -0.1) is 0 Å². The molecule has 0 aliphatic carbocycles. The van der Waals surface area contributed by atoms with Crippen LogP contribution in [0.4, 0.5) is 0 Å². The van der Waals surface area contributed by atoms with Crippen LogP contribution in [0.15, 0.2) is 42.5 Å². The van der Waals surface area contributed by atoms with Gasteiger partial charge in [-0.25, -0.2) is 0 Å². The summed E-state index contributed by atoms with van der Waals surface area (Å²) >= 11 is 12.1. The predicted molar refractivity (Wildman–Crippen MR) is 109 cm³/mol. The first kappa shape index (κ1) is 19.5. The van der Waals surface area contributed by atoms with Crippen molar-refractivity contribution in [3.63, 3.8) is 0 Å². The van der Waals surface area contributed by atoms with Gasteiger partial charge in [0.05, 0.1) is 0 Å². The van der Waals surface area contributed by atoms with Crippen molar-refractivity contribution >= 4 is 23.2 Å². The quantitative estimate of drug-likeness (QED) is 0.672. The molecule has 1 saturated heterocycles. The van der Waals surface area contributed by atoms with Crippen LogP contribution >= 0.6 is 23.2 Å². The van der Waals surface area contributed by atoms with E-state index in [9.17, 15) is 0 Å². The molecular formula is C21H26Cl2N2O. The van der Waals surface area contributed by atoms with Gasteiger partial charge in [-0.2, -0.15) is 0 Å². The van der Waals surface area contributed by atoms with Gasteiger partial charge in [0.1, 0.15) is 12.4 Å². The van der Waals surface area contributed by atoms with Crippen molar-refractivity contribution < 1.29 is 4.74 Å². The Bertz CT molecular complexity index is 723. The molecule has 0 spiro atoms. The Kier molecular flexibility index (Phi) is 7.21. The Morgan fingerprint density at radius 3 is 2.88 bits per heavy atom. The zero-order chi connectivity index (χ0) is 18.4. The summed E-state index contributed by atoms with van der Waals surface area (Å²) in [7, 11) is 0. The Morgan fingerprint density at radius 1 is 1.19 bits per heavy atom. The molecule has 1 aliphatic rings. The van der Waals surface area contributed by atoms with Gasteiger partial charge in [0.25, 0.3) is 0 Å². The Labute approximate surface area is 166 Å². The molecule has 0 aromatic heterocycles. The summed E-state index contributed by atoms with van der Waals surface area (Å²) < 4.78 is 5.90. The molecule has 1 N–H and O–H groups in total. The van der Waals surface area contributed by atoms with E-state index in [4.69, 9.17) is 27.9 Å². The van der Waals surface area contributed by atoms with Crippen LogP contribution in [0.3, 0.4) is 0 Å². The first-order chi connectivity index (χ1) is 12.7. The summed E-state index contributed by atoms with van der Waals surface area (Å²) in [6, 6.07) is 14.4. The summed E-state index contributed by atoms with van der Waals surface area (Å²) in [4.78, 5) is 2.56. The molecule has 1 atom stereocenters. The molecule has 1 fully saturated rings. The van der Waals surface area contributed by atoms with Crippen molar-refractivity contribution in [2.24, 2.45) is 0 Å². The first-order valence-corrected chi connectivity index (χ1v) is 10.0. The highest BCUT2D eigenvalue weighted by Crippen LogP contribution is 2.23. The Balaban J connectivity index is 1.50. The van der Waals surface area contributed by atoms with Crippen molar-refractivity contribution in [1.29, 1.82) is 0 Å². The van der Waals surface area contributed by atoms with E-state index in [-0.39, 0.29) is 0 Å². The highest BCUT2D eigenvalue weighted by atomic mass is 35.5.